The van der Waals surface area contributed by atoms with Crippen LogP contribution in [-0.2, 0) is 9.59 Å². The van der Waals surface area contributed by atoms with Crippen LogP contribution in [0, 0.1) is 5.82 Å². The van der Waals surface area contributed by atoms with Crippen molar-refractivity contribution in [1.82, 2.24) is 5.32 Å². The second-order valence-corrected chi connectivity index (χ2v) is 6.06. The molecule has 4 nitrogen and oxygen atoms in total. The molecule has 2 atom stereocenters. The topological polar surface area (TPSA) is 49.4 Å². The number of nitrogens with one attached hydrogen (secondary N) is 1. The fourth-order valence-corrected chi connectivity index (χ4v) is 2.73. The molecule has 7 heteroatoms. The molecule has 0 saturated carbocycles. The minimum atomic E-state index is -1.00. The van der Waals surface area contributed by atoms with Crippen LogP contribution in [0.4, 0.5) is 10.1 Å². The average Bonchev–Trinajstić information content (AvgIpc) is 2.43. The second kappa shape index (κ2) is 5.46. The number of anilines is 1. The molecule has 2 amide bonds. The lowest BCUT2D eigenvalue weighted by Gasteiger charge is -2.43. The van der Waals surface area contributed by atoms with Crippen molar-refractivity contribution in [3.8, 4) is 0 Å². The van der Waals surface area contributed by atoms with Crippen molar-refractivity contribution >= 4 is 40.7 Å². The van der Waals surface area contributed by atoms with E-state index >= 15 is 0 Å². The third-order valence-corrected chi connectivity index (χ3v) is 4.36. The van der Waals surface area contributed by atoms with E-state index in [4.69, 9.17) is 23.2 Å². The Balaban J connectivity index is 2.54. The number of carbonyl (C=O) groups is 2. The molecule has 1 N–H and O–H groups in total. The van der Waals surface area contributed by atoms with Gasteiger partial charge in [-0.05, 0) is 32.4 Å². The zero-order chi connectivity index (χ0) is 15.9. The Labute approximate surface area is 132 Å². The van der Waals surface area contributed by atoms with E-state index in [9.17, 15) is 14.0 Å². The summed E-state index contributed by atoms with van der Waals surface area (Å²) in [5.74, 6) is -1.31. The van der Waals surface area contributed by atoms with E-state index in [2.05, 4.69) is 5.32 Å². The van der Waals surface area contributed by atoms with Crippen LogP contribution in [0.3, 0.4) is 0 Å². The highest BCUT2D eigenvalue weighted by Crippen LogP contribution is 2.33. The standard InChI is InChI=1S/C14H15Cl2FN2O2/c1-4-14(3)13(21)19(7(2)12(20)18-14)8-5-9(15)11(17)10(16)6-8/h5-7H,4H2,1-3H3,(H,18,20). The SMILES string of the molecule is CCC1(C)NC(=O)C(C)N(c2cc(Cl)c(F)c(Cl)c2)C1=O. The summed E-state index contributed by atoms with van der Waals surface area (Å²) in [6.45, 7) is 5.05. The molecule has 1 heterocycles. The highest BCUT2D eigenvalue weighted by molar-refractivity contribution is 6.35. The van der Waals surface area contributed by atoms with Gasteiger partial charge in [0.2, 0.25) is 5.91 Å². The van der Waals surface area contributed by atoms with Crippen LogP contribution < -0.4 is 10.2 Å². The molecule has 0 aliphatic carbocycles. The molecule has 1 fully saturated rings. The van der Waals surface area contributed by atoms with Crippen LogP contribution in [-0.4, -0.2) is 23.4 Å². The molecule has 1 saturated heterocycles. The summed E-state index contributed by atoms with van der Waals surface area (Å²) in [5.41, 5.74) is -0.699. The predicted octanol–water partition coefficient (Wildman–Crippen LogP) is 3.15. The van der Waals surface area contributed by atoms with Gasteiger partial charge in [0.1, 0.15) is 11.6 Å². The Morgan fingerprint density at radius 3 is 2.33 bits per heavy atom. The van der Waals surface area contributed by atoms with Gasteiger partial charge in [0.15, 0.2) is 5.82 Å². The summed E-state index contributed by atoms with van der Waals surface area (Å²) in [6.07, 6.45) is 0.434. The summed E-state index contributed by atoms with van der Waals surface area (Å²) in [4.78, 5) is 26.1. The summed E-state index contributed by atoms with van der Waals surface area (Å²) in [5, 5.41) is 2.33. The van der Waals surface area contributed by atoms with Crippen LogP contribution in [0.25, 0.3) is 0 Å². The Kier molecular flexibility index (Phi) is 4.17. The molecule has 2 unspecified atom stereocenters. The maximum atomic E-state index is 13.5. The molecule has 1 aromatic carbocycles. The van der Waals surface area contributed by atoms with Gasteiger partial charge in [0.25, 0.3) is 5.91 Å². The number of amides is 2. The largest absolute Gasteiger partial charge is 0.340 e. The van der Waals surface area contributed by atoms with Crippen molar-refractivity contribution in [2.75, 3.05) is 4.90 Å². The maximum absolute atomic E-state index is 13.5. The van der Waals surface area contributed by atoms with Gasteiger partial charge in [-0.25, -0.2) is 4.39 Å². The highest BCUT2D eigenvalue weighted by atomic mass is 35.5. The monoisotopic (exact) mass is 332 g/mol. The normalized spacial score (nSPS) is 26.0. The first kappa shape index (κ1) is 16.0. The Morgan fingerprint density at radius 1 is 1.33 bits per heavy atom. The van der Waals surface area contributed by atoms with Crippen molar-refractivity contribution in [2.24, 2.45) is 0 Å². The maximum Gasteiger partial charge on any atom is 0.253 e. The summed E-state index contributed by atoms with van der Waals surface area (Å²) < 4.78 is 13.5. The highest BCUT2D eigenvalue weighted by Gasteiger charge is 2.46. The molecule has 1 aliphatic heterocycles. The zero-order valence-electron chi connectivity index (χ0n) is 11.8. The lowest BCUT2D eigenvalue weighted by molar-refractivity contribution is -0.137. The van der Waals surface area contributed by atoms with E-state index in [1.807, 2.05) is 0 Å². The number of halogens is 3. The molecule has 1 aromatic rings. The molecule has 114 valence electrons. The van der Waals surface area contributed by atoms with Gasteiger partial charge < -0.3 is 5.32 Å². The number of carbonyl (C=O) groups excluding carboxylic acids is 2. The predicted molar refractivity (Wildman–Crippen MR) is 80.2 cm³/mol. The van der Waals surface area contributed by atoms with Crippen molar-refractivity contribution in [1.29, 1.82) is 0 Å². The van der Waals surface area contributed by atoms with Crippen LogP contribution in [0.2, 0.25) is 10.0 Å². The van der Waals surface area contributed by atoms with Crippen LogP contribution in [0.5, 0.6) is 0 Å². The Morgan fingerprint density at radius 2 is 1.86 bits per heavy atom. The molecule has 0 spiro atoms. The van der Waals surface area contributed by atoms with Crippen LogP contribution in [0.15, 0.2) is 12.1 Å². The van der Waals surface area contributed by atoms with Crippen LogP contribution >= 0.6 is 23.2 Å². The minimum absolute atomic E-state index is 0.193. The first-order chi connectivity index (χ1) is 9.71. The van der Waals surface area contributed by atoms with Crippen molar-refractivity contribution in [3.63, 3.8) is 0 Å². The van der Waals surface area contributed by atoms with Crippen molar-refractivity contribution < 1.29 is 14.0 Å². The van der Waals surface area contributed by atoms with Gasteiger partial charge in [0, 0.05) is 5.69 Å². The molecular weight excluding hydrogens is 318 g/mol. The third-order valence-electron chi connectivity index (χ3n) is 3.81. The number of hydrogen-bond acceptors (Lipinski definition) is 2. The third kappa shape index (κ3) is 2.60. The summed E-state index contributed by atoms with van der Waals surface area (Å²) in [6, 6.07) is 1.87. The van der Waals surface area contributed by atoms with Gasteiger partial charge >= 0.3 is 0 Å². The van der Waals surface area contributed by atoms with Gasteiger partial charge in [0.05, 0.1) is 10.0 Å². The minimum Gasteiger partial charge on any atom is -0.340 e. The molecule has 0 aromatic heterocycles. The molecule has 21 heavy (non-hydrogen) atoms. The average molecular weight is 333 g/mol. The van der Waals surface area contributed by atoms with Crippen LogP contribution in [0.1, 0.15) is 27.2 Å². The molecule has 2 rings (SSSR count). The van der Waals surface area contributed by atoms with E-state index < -0.39 is 17.4 Å². The first-order valence-corrected chi connectivity index (χ1v) is 7.27. The van der Waals surface area contributed by atoms with Crippen molar-refractivity contribution in [2.45, 2.75) is 38.8 Å². The van der Waals surface area contributed by atoms with Gasteiger partial charge in [-0.1, -0.05) is 30.1 Å². The van der Waals surface area contributed by atoms with E-state index in [0.717, 1.165) is 0 Å². The van der Waals surface area contributed by atoms with E-state index in [1.54, 1.807) is 20.8 Å². The van der Waals surface area contributed by atoms with E-state index in [-0.39, 0.29) is 21.9 Å². The Bertz CT molecular complexity index is 600. The molecule has 0 radical (unpaired) electrons. The number of piperazine rings is 1. The molecular formula is C14H15Cl2FN2O2. The zero-order valence-corrected chi connectivity index (χ0v) is 13.3. The van der Waals surface area contributed by atoms with E-state index in [1.165, 1.54) is 17.0 Å². The summed E-state index contributed by atoms with van der Waals surface area (Å²) >= 11 is 11.6. The number of benzene rings is 1. The van der Waals surface area contributed by atoms with E-state index in [0.29, 0.717) is 12.1 Å². The fourth-order valence-electron chi connectivity index (χ4n) is 2.25. The smallest absolute Gasteiger partial charge is 0.253 e. The first-order valence-electron chi connectivity index (χ1n) is 6.51. The second-order valence-electron chi connectivity index (χ2n) is 5.25. The fraction of sp³-hybridized carbons (Fsp3) is 0.429. The molecule has 1 aliphatic rings. The number of nitrogens with zero attached hydrogens (tertiary/aromatic N) is 1. The number of rotatable bonds is 2. The lowest BCUT2D eigenvalue weighted by Crippen LogP contribution is -2.68. The van der Waals surface area contributed by atoms with Crippen molar-refractivity contribution in [3.05, 3.63) is 28.0 Å². The van der Waals surface area contributed by atoms with Gasteiger partial charge in [-0.2, -0.15) is 0 Å². The molecule has 0 bridgehead atoms. The van der Waals surface area contributed by atoms with Gasteiger partial charge in [-0.3, -0.25) is 14.5 Å². The Hall–Kier alpha value is -1.33. The quantitative estimate of drug-likeness (QED) is 0.846. The summed E-state index contributed by atoms with van der Waals surface area (Å²) in [7, 11) is 0. The lowest BCUT2D eigenvalue weighted by atomic mass is 9.92. The van der Waals surface area contributed by atoms with Gasteiger partial charge in [-0.15, -0.1) is 0 Å². The number of hydrogen-bond donors (Lipinski definition) is 1.